The minimum atomic E-state index is 0.276. The van der Waals surface area contributed by atoms with Crippen LogP contribution in [0.15, 0.2) is 54.6 Å². The van der Waals surface area contributed by atoms with Crippen LogP contribution in [-0.4, -0.2) is 5.78 Å². The lowest BCUT2D eigenvalue weighted by molar-refractivity contribution is 0.0958. The molecule has 0 spiro atoms. The van der Waals surface area contributed by atoms with Gasteiger partial charge in [-0.1, -0.05) is 61.5 Å². The number of hydrogen-bond donors (Lipinski definition) is 0. The monoisotopic (exact) mass is 236 g/mol. The first-order chi connectivity index (χ1) is 8.77. The van der Waals surface area contributed by atoms with Gasteiger partial charge < -0.3 is 0 Å². The van der Waals surface area contributed by atoms with E-state index in [0.717, 1.165) is 5.56 Å². The summed E-state index contributed by atoms with van der Waals surface area (Å²) in [6, 6.07) is 18.4. The predicted molar refractivity (Wildman–Crippen MR) is 73.0 cm³/mol. The first kappa shape index (κ1) is 11.2. The highest BCUT2D eigenvalue weighted by atomic mass is 16.1. The number of ketones is 1. The van der Waals surface area contributed by atoms with Crippen LogP contribution in [0.5, 0.6) is 0 Å². The van der Waals surface area contributed by atoms with Crippen LogP contribution in [-0.2, 0) is 0 Å². The van der Waals surface area contributed by atoms with Gasteiger partial charge in [0.2, 0.25) is 0 Å². The number of Topliss-reactive ketones (excluding diaryl/α,β-unsaturated/α-hetero) is 1. The first-order valence-electron chi connectivity index (χ1n) is 6.44. The van der Waals surface area contributed by atoms with E-state index in [9.17, 15) is 4.79 Å². The van der Waals surface area contributed by atoms with E-state index >= 15 is 0 Å². The smallest absolute Gasteiger partial charge is 0.163 e. The number of carbonyl (C=O) groups excluding carboxylic acids is 1. The average Bonchev–Trinajstić information content (AvgIpc) is 2.44. The molecule has 0 saturated heterocycles. The molecule has 2 unspecified atom stereocenters. The van der Waals surface area contributed by atoms with E-state index < -0.39 is 0 Å². The van der Waals surface area contributed by atoms with Crippen molar-refractivity contribution in [2.24, 2.45) is 0 Å². The summed E-state index contributed by atoms with van der Waals surface area (Å²) in [4.78, 5) is 12.2. The second kappa shape index (κ2) is 4.41. The van der Waals surface area contributed by atoms with Crippen LogP contribution >= 0.6 is 0 Å². The molecule has 0 heterocycles. The molecular formula is C17H16O. The van der Waals surface area contributed by atoms with Crippen molar-refractivity contribution in [1.29, 1.82) is 0 Å². The Balaban J connectivity index is 2.05. The predicted octanol–water partition coefficient (Wildman–Crippen LogP) is 4.16. The van der Waals surface area contributed by atoms with E-state index in [1.54, 1.807) is 0 Å². The fourth-order valence-electron chi connectivity index (χ4n) is 2.96. The highest BCUT2D eigenvalue weighted by molar-refractivity contribution is 5.99. The number of benzene rings is 2. The highest BCUT2D eigenvalue weighted by Crippen LogP contribution is 2.41. The standard InChI is InChI=1S/C17H16O/c1-12-14-9-5-6-10-15(14)17(18)11-16(12)13-7-3-2-4-8-13/h2-10,12,16H,11H2,1H3. The van der Waals surface area contributed by atoms with Crippen LogP contribution < -0.4 is 0 Å². The van der Waals surface area contributed by atoms with E-state index in [1.807, 2.05) is 36.4 Å². The van der Waals surface area contributed by atoms with Crippen molar-refractivity contribution in [3.63, 3.8) is 0 Å². The van der Waals surface area contributed by atoms with Gasteiger partial charge in [-0.2, -0.15) is 0 Å². The maximum atomic E-state index is 12.2. The first-order valence-corrected chi connectivity index (χ1v) is 6.44. The van der Waals surface area contributed by atoms with Crippen LogP contribution in [0.2, 0.25) is 0 Å². The molecule has 18 heavy (non-hydrogen) atoms. The van der Waals surface area contributed by atoms with Gasteiger partial charge in [0.25, 0.3) is 0 Å². The topological polar surface area (TPSA) is 17.1 Å². The number of carbonyl (C=O) groups is 1. The van der Waals surface area contributed by atoms with E-state index in [-0.39, 0.29) is 5.78 Å². The normalized spacial score (nSPS) is 22.6. The van der Waals surface area contributed by atoms with Crippen LogP contribution in [0, 0.1) is 0 Å². The minimum Gasteiger partial charge on any atom is -0.294 e. The van der Waals surface area contributed by atoms with Crippen LogP contribution in [0.1, 0.15) is 46.7 Å². The van der Waals surface area contributed by atoms with Gasteiger partial charge in [0.1, 0.15) is 0 Å². The molecule has 0 N–H and O–H groups in total. The Morgan fingerprint density at radius 1 is 0.944 bits per heavy atom. The zero-order valence-electron chi connectivity index (χ0n) is 10.5. The van der Waals surface area contributed by atoms with Gasteiger partial charge in [-0.3, -0.25) is 4.79 Å². The summed E-state index contributed by atoms with van der Waals surface area (Å²) in [5, 5.41) is 0. The molecule has 2 aromatic carbocycles. The van der Waals surface area contributed by atoms with Crippen molar-refractivity contribution in [2.75, 3.05) is 0 Å². The maximum Gasteiger partial charge on any atom is 0.163 e. The lowest BCUT2D eigenvalue weighted by Gasteiger charge is -2.30. The Morgan fingerprint density at radius 3 is 2.39 bits per heavy atom. The maximum absolute atomic E-state index is 12.2. The Labute approximate surface area is 107 Å². The van der Waals surface area contributed by atoms with Gasteiger partial charge in [0.15, 0.2) is 5.78 Å². The molecule has 1 aliphatic rings. The van der Waals surface area contributed by atoms with Gasteiger partial charge >= 0.3 is 0 Å². The van der Waals surface area contributed by atoms with Crippen molar-refractivity contribution < 1.29 is 4.79 Å². The molecule has 0 radical (unpaired) electrons. The second-order valence-electron chi connectivity index (χ2n) is 5.02. The van der Waals surface area contributed by atoms with Crippen LogP contribution in [0.3, 0.4) is 0 Å². The lowest BCUT2D eigenvalue weighted by atomic mass is 9.72. The molecule has 0 amide bonds. The summed E-state index contributed by atoms with van der Waals surface area (Å²) in [5.41, 5.74) is 3.38. The number of fused-ring (bicyclic) bond motifs is 1. The summed E-state index contributed by atoms with van der Waals surface area (Å²) in [7, 11) is 0. The molecule has 1 aliphatic carbocycles. The molecular weight excluding hydrogens is 220 g/mol. The van der Waals surface area contributed by atoms with Gasteiger partial charge in [0, 0.05) is 12.0 Å². The molecule has 0 aromatic heterocycles. The molecule has 0 bridgehead atoms. The summed E-state index contributed by atoms with van der Waals surface area (Å²) in [6.07, 6.45) is 0.627. The molecule has 3 rings (SSSR count). The Kier molecular flexibility index (Phi) is 2.75. The molecule has 1 nitrogen and oxygen atoms in total. The largest absolute Gasteiger partial charge is 0.294 e. The van der Waals surface area contributed by atoms with Gasteiger partial charge in [-0.15, -0.1) is 0 Å². The quantitative estimate of drug-likeness (QED) is 0.726. The molecule has 0 fully saturated rings. The van der Waals surface area contributed by atoms with E-state index in [2.05, 4.69) is 25.1 Å². The van der Waals surface area contributed by atoms with Crippen molar-refractivity contribution in [1.82, 2.24) is 0 Å². The summed E-state index contributed by atoms with van der Waals surface area (Å²) in [6.45, 7) is 2.23. The number of hydrogen-bond acceptors (Lipinski definition) is 1. The molecule has 0 saturated carbocycles. The third-order valence-corrected chi connectivity index (χ3v) is 3.99. The van der Waals surface area contributed by atoms with Gasteiger partial charge in [0.05, 0.1) is 0 Å². The SMILES string of the molecule is CC1c2ccccc2C(=O)CC1c1ccccc1. The lowest BCUT2D eigenvalue weighted by Crippen LogP contribution is -2.21. The summed E-state index contributed by atoms with van der Waals surface area (Å²) >= 11 is 0. The zero-order chi connectivity index (χ0) is 12.5. The van der Waals surface area contributed by atoms with Crippen molar-refractivity contribution in [2.45, 2.75) is 25.2 Å². The fraction of sp³-hybridized carbons (Fsp3) is 0.235. The Bertz CT molecular complexity index is 571. The fourth-order valence-corrected chi connectivity index (χ4v) is 2.96. The summed E-state index contributed by atoms with van der Waals surface area (Å²) < 4.78 is 0. The van der Waals surface area contributed by atoms with Crippen molar-refractivity contribution in [3.8, 4) is 0 Å². The molecule has 1 heteroatoms. The van der Waals surface area contributed by atoms with Gasteiger partial charge in [-0.05, 0) is 23.0 Å². The van der Waals surface area contributed by atoms with Crippen molar-refractivity contribution in [3.05, 3.63) is 71.3 Å². The molecule has 0 aliphatic heterocycles. The average molecular weight is 236 g/mol. The molecule has 2 atom stereocenters. The van der Waals surface area contributed by atoms with E-state index in [4.69, 9.17) is 0 Å². The van der Waals surface area contributed by atoms with Crippen LogP contribution in [0.4, 0.5) is 0 Å². The van der Waals surface area contributed by atoms with Crippen LogP contribution in [0.25, 0.3) is 0 Å². The Morgan fingerprint density at radius 2 is 1.61 bits per heavy atom. The van der Waals surface area contributed by atoms with Gasteiger partial charge in [-0.25, -0.2) is 0 Å². The molecule has 90 valence electrons. The van der Waals surface area contributed by atoms with E-state index in [0.29, 0.717) is 18.3 Å². The minimum absolute atomic E-state index is 0.276. The van der Waals surface area contributed by atoms with E-state index in [1.165, 1.54) is 11.1 Å². The second-order valence-corrected chi connectivity index (χ2v) is 5.02. The zero-order valence-corrected chi connectivity index (χ0v) is 10.5. The third kappa shape index (κ3) is 1.76. The number of rotatable bonds is 1. The van der Waals surface area contributed by atoms with Crippen molar-refractivity contribution >= 4 is 5.78 Å². The molecule has 2 aromatic rings. The third-order valence-electron chi connectivity index (χ3n) is 3.99. The Hall–Kier alpha value is -1.89. The summed E-state index contributed by atoms with van der Waals surface area (Å²) in [5.74, 6) is 0.993. The highest BCUT2D eigenvalue weighted by Gasteiger charge is 2.31.